The molecule has 0 rings (SSSR count). The Hall–Kier alpha value is -1.01. The van der Waals surface area contributed by atoms with E-state index in [1.807, 2.05) is 0 Å². The highest BCUT2D eigenvalue weighted by molar-refractivity contribution is 5.66. The fraction of sp³-hybridized carbons (Fsp3) is 0.971. The highest BCUT2D eigenvalue weighted by atomic mass is 16.6. The first-order valence-corrected chi connectivity index (χ1v) is 17.5. The van der Waals surface area contributed by atoms with E-state index in [2.05, 4.69) is 0 Å². The maximum atomic E-state index is 11.6. The first kappa shape index (κ1) is 47.0. The molecule has 0 aromatic rings. The van der Waals surface area contributed by atoms with Crippen molar-refractivity contribution in [3.63, 3.8) is 0 Å². The monoisotopic (exact) mass is 700 g/mol. The second-order valence-electron chi connectivity index (χ2n) is 11.2. The van der Waals surface area contributed by atoms with Gasteiger partial charge in [0.15, 0.2) is 0 Å². The first-order valence-electron chi connectivity index (χ1n) is 17.5. The molecule has 0 aliphatic rings. The number of ether oxygens (including phenoxy) is 12. The second kappa shape index (κ2) is 38.8. The lowest BCUT2D eigenvalue weighted by Crippen LogP contribution is -2.25. The van der Waals surface area contributed by atoms with Gasteiger partial charge in [-0.3, -0.25) is 4.79 Å². The molecule has 0 atom stereocenters. The van der Waals surface area contributed by atoms with E-state index in [1.54, 1.807) is 21.3 Å². The summed E-state index contributed by atoms with van der Waals surface area (Å²) in [5.74, 6) is -0.779. The van der Waals surface area contributed by atoms with Crippen molar-refractivity contribution in [2.75, 3.05) is 160 Å². The van der Waals surface area contributed by atoms with Crippen LogP contribution in [0, 0.1) is 5.41 Å². The minimum atomic E-state index is -0.779. The van der Waals surface area contributed by atoms with Gasteiger partial charge in [-0.05, 0) is 50.4 Å². The van der Waals surface area contributed by atoms with E-state index < -0.39 is 5.97 Å². The topological polar surface area (TPSA) is 148 Å². The maximum absolute atomic E-state index is 11.6. The summed E-state index contributed by atoms with van der Waals surface area (Å²) in [6, 6.07) is 0. The van der Waals surface area contributed by atoms with Crippen LogP contribution in [0.3, 0.4) is 0 Å². The van der Waals surface area contributed by atoms with E-state index in [9.17, 15) is 9.90 Å². The lowest BCUT2D eigenvalue weighted by atomic mass is 9.72. The molecular weight excluding hydrogens is 632 g/mol. The van der Waals surface area contributed by atoms with Gasteiger partial charge in [0, 0.05) is 47.6 Å². The summed E-state index contributed by atoms with van der Waals surface area (Å²) in [5, 5.41) is 9.53. The molecule has 14 heteroatoms. The van der Waals surface area contributed by atoms with Crippen molar-refractivity contribution in [3.05, 3.63) is 0 Å². The van der Waals surface area contributed by atoms with Crippen LogP contribution in [0.25, 0.3) is 0 Å². The zero-order chi connectivity index (χ0) is 35.1. The maximum Gasteiger partial charge on any atom is 0.303 e. The van der Waals surface area contributed by atoms with Crippen molar-refractivity contribution in [3.8, 4) is 0 Å². The number of rotatable bonds is 42. The Morgan fingerprint density at radius 3 is 0.833 bits per heavy atom. The number of carbonyl (C=O) groups is 1. The van der Waals surface area contributed by atoms with Crippen LogP contribution < -0.4 is 0 Å². The fourth-order valence-electron chi connectivity index (χ4n) is 4.82. The Kier molecular flexibility index (Phi) is 38.0. The Labute approximate surface area is 289 Å². The Balaban J connectivity index is 4.57. The average Bonchev–Trinajstić information content (AvgIpc) is 3.08. The third-order valence-electron chi connectivity index (χ3n) is 7.38. The summed E-state index contributed by atoms with van der Waals surface area (Å²) in [7, 11) is 4.93. The summed E-state index contributed by atoms with van der Waals surface area (Å²) in [4.78, 5) is 11.6. The molecule has 0 fully saturated rings. The predicted molar refractivity (Wildman–Crippen MR) is 180 cm³/mol. The third kappa shape index (κ3) is 34.8. The average molecular weight is 701 g/mol. The molecule has 0 aromatic carbocycles. The summed E-state index contributed by atoms with van der Waals surface area (Å²) < 4.78 is 65.1. The van der Waals surface area contributed by atoms with Crippen molar-refractivity contribution in [2.45, 2.75) is 51.4 Å². The summed E-state index contributed by atoms with van der Waals surface area (Å²) >= 11 is 0. The van der Waals surface area contributed by atoms with E-state index in [0.717, 1.165) is 38.5 Å². The van der Waals surface area contributed by atoms with Crippen LogP contribution in [0.15, 0.2) is 0 Å². The molecule has 0 heterocycles. The summed E-state index contributed by atoms with van der Waals surface area (Å²) in [6.07, 6.45) is 5.84. The summed E-state index contributed by atoms with van der Waals surface area (Å²) in [6.45, 7) is 11.3. The van der Waals surface area contributed by atoms with Gasteiger partial charge in [-0.2, -0.15) is 0 Å². The van der Waals surface area contributed by atoms with Crippen LogP contribution in [0.2, 0.25) is 0 Å². The number of carboxylic acid groups (broad SMARTS) is 1. The van der Waals surface area contributed by atoms with Crippen LogP contribution in [-0.2, 0) is 61.6 Å². The van der Waals surface area contributed by atoms with Gasteiger partial charge < -0.3 is 61.9 Å². The Morgan fingerprint density at radius 1 is 0.375 bits per heavy atom. The highest BCUT2D eigenvalue weighted by Gasteiger charge is 2.29. The molecule has 48 heavy (non-hydrogen) atoms. The second-order valence-corrected chi connectivity index (χ2v) is 11.2. The van der Waals surface area contributed by atoms with Gasteiger partial charge in [-0.1, -0.05) is 0 Å². The minimum Gasteiger partial charge on any atom is -0.481 e. The van der Waals surface area contributed by atoms with Gasteiger partial charge >= 0.3 is 5.97 Å². The van der Waals surface area contributed by atoms with Crippen LogP contribution in [0.5, 0.6) is 0 Å². The van der Waals surface area contributed by atoms with E-state index in [0.29, 0.717) is 145 Å². The molecule has 0 saturated heterocycles. The van der Waals surface area contributed by atoms with Crippen LogP contribution in [0.1, 0.15) is 51.4 Å². The van der Waals surface area contributed by atoms with Crippen molar-refractivity contribution in [2.24, 2.45) is 5.41 Å². The number of hydrogen-bond donors (Lipinski definition) is 1. The largest absolute Gasteiger partial charge is 0.481 e. The van der Waals surface area contributed by atoms with Crippen molar-refractivity contribution < 1.29 is 66.7 Å². The van der Waals surface area contributed by atoms with Gasteiger partial charge in [0.2, 0.25) is 0 Å². The molecule has 1 N–H and O–H groups in total. The smallest absolute Gasteiger partial charge is 0.303 e. The SMILES string of the molecule is COCCOCCOCCOCCCC(CCCOCCOCCOCCOC)(CCCOCCOCCOCCOC)CCC(=O)O. The van der Waals surface area contributed by atoms with E-state index >= 15 is 0 Å². The zero-order valence-electron chi connectivity index (χ0n) is 30.3. The molecule has 0 radical (unpaired) electrons. The lowest BCUT2D eigenvalue weighted by Gasteiger charge is -2.34. The predicted octanol–water partition coefficient (Wildman–Crippen LogP) is 3.27. The van der Waals surface area contributed by atoms with E-state index in [-0.39, 0.29) is 11.8 Å². The van der Waals surface area contributed by atoms with Gasteiger partial charge in [0.25, 0.3) is 0 Å². The molecule has 0 aromatic heterocycles. The number of hydrogen-bond acceptors (Lipinski definition) is 13. The highest BCUT2D eigenvalue weighted by Crippen LogP contribution is 2.40. The van der Waals surface area contributed by atoms with E-state index in [4.69, 9.17) is 56.8 Å². The quantitative estimate of drug-likeness (QED) is 0.0929. The number of carboxylic acids is 1. The Morgan fingerprint density at radius 2 is 0.604 bits per heavy atom. The molecule has 14 nitrogen and oxygen atoms in total. The minimum absolute atomic E-state index is 0.128. The molecule has 0 unspecified atom stereocenters. The van der Waals surface area contributed by atoms with E-state index in [1.165, 1.54) is 0 Å². The number of aliphatic carboxylic acids is 1. The molecule has 0 aliphatic carbocycles. The van der Waals surface area contributed by atoms with Crippen LogP contribution >= 0.6 is 0 Å². The van der Waals surface area contributed by atoms with Crippen molar-refractivity contribution >= 4 is 5.97 Å². The Bertz CT molecular complexity index is 574. The fourth-order valence-corrected chi connectivity index (χ4v) is 4.82. The molecular formula is C34H68O14. The third-order valence-corrected chi connectivity index (χ3v) is 7.38. The molecule has 0 bridgehead atoms. The standard InChI is InChI=1S/C34H68O14/c1-37-15-18-43-27-30-46-24-21-40-12-4-8-34(11-7-33(35)36,9-5-13-41-22-25-47-31-28-44-19-16-38-2)10-6-14-42-23-26-48-32-29-45-20-17-39-3/h4-32H2,1-3H3,(H,35,36). The zero-order valence-corrected chi connectivity index (χ0v) is 30.3. The van der Waals surface area contributed by atoms with Gasteiger partial charge in [0.1, 0.15) is 0 Å². The molecule has 0 amide bonds. The van der Waals surface area contributed by atoms with Crippen LogP contribution in [0.4, 0.5) is 0 Å². The molecule has 0 aliphatic heterocycles. The van der Waals surface area contributed by atoms with Gasteiger partial charge in [-0.15, -0.1) is 0 Å². The van der Waals surface area contributed by atoms with Crippen molar-refractivity contribution in [1.82, 2.24) is 0 Å². The lowest BCUT2D eigenvalue weighted by molar-refractivity contribution is -0.137. The summed E-state index contributed by atoms with van der Waals surface area (Å²) in [5.41, 5.74) is -0.142. The van der Waals surface area contributed by atoms with Crippen LogP contribution in [-0.4, -0.2) is 171 Å². The first-order chi connectivity index (χ1) is 23.6. The van der Waals surface area contributed by atoms with Crippen molar-refractivity contribution in [1.29, 1.82) is 0 Å². The molecule has 0 saturated carbocycles. The molecule has 288 valence electrons. The van der Waals surface area contributed by atoms with Gasteiger partial charge in [0.05, 0.1) is 119 Å². The number of methoxy groups -OCH3 is 3. The molecule has 0 spiro atoms. The van der Waals surface area contributed by atoms with Gasteiger partial charge in [-0.25, -0.2) is 0 Å². The normalized spacial score (nSPS) is 11.9.